The average Bonchev–Trinajstić information content (AvgIpc) is 3.12. The van der Waals surface area contributed by atoms with Crippen molar-refractivity contribution in [3.8, 4) is 0 Å². The lowest BCUT2D eigenvalue weighted by Crippen LogP contribution is -2.30. The van der Waals surface area contributed by atoms with Crippen LogP contribution in [0.15, 0.2) is 91.1 Å². The third kappa shape index (κ3) is 3.00. The highest BCUT2D eigenvalue weighted by Gasteiger charge is 2.21. The number of carbonyl (C=O) groups excluding carboxylic acids is 1. The van der Waals surface area contributed by atoms with Crippen molar-refractivity contribution in [1.82, 2.24) is 9.88 Å². The molecule has 1 atom stereocenters. The normalized spacial score (nSPS) is 12.0. The van der Waals surface area contributed by atoms with E-state index >= 15 is 0 Å². The maximum Gasteiger partial charge on any atom is 0.252 e. The van der Waals surface area contributed by atoms with Gasteiger partial charge in [-0.3, -0.25) is 4.79 Å². The first-order valence-corrected chi connectivity index (χ1v) is 8.69. The maximum atomic E-state index is 12.9. The van der Waals surface area contributed by atoms with Gasteiger partial charge in [0.15, 0.2) is 0 Å². The monoisotopic (exact) mass is 340 g/mol. The molecule has 3 nitrogen and oxygen atoms in total. The van der Waals surface area contributed by atoms with Crippen LogP contribution in [0.1, 0.15) is 27.7 Å². The Labute approximate surface area is 152 Å². The highest BCUT2D eigenvalue weighted by atomic mass is 16.1. The zero-order valence-electron chi connectivity index (χ0n) is 14.6. The molecule has 3 heteroatoms. The molecule has 128 valence electrons. The molecule has 3 aromatic carbocycles. The minimum Gasteiger partial charge on any atom is -0.352 e. The third-order valence-electron chi connectivity index (χ3n) is 4.73. The second-order valence-electron chi connectivity index (χ2n) is 6.38. The number of carbonyl (C=O) groups is 1. The van der Waals surface area contributed by atoms with Crippen LogP contribution in [0.25, 0.3) is 10.8 Å². The number of aryl methyl sites for hydroxylation is 1. The smallest absolute Gasteiger partial charge is 0.252 e. The van der Waals surface area contributed by atoms with Crippen molar-refractivity contribution < 1.29 is 4.79 Å². The molecule has 1 N–H and O–H groups in total. The fraction of sp³-hybridized carbons (Fsp3) is 0.0870. The number of amides is 1. The predicted molar refractivity (Wildman–Crippen MR) is 105 cm³/mol. The van der Waals surface area contributed by atoms with Crippen LogP contribution in [0.4, 0.5) is 0 Å². The largest absolute Gasteiger partial charge is 0.352 e. The predicted octanol–water partition coefficient (Wildman–Crippen LogP) is 4.70. The van der Waals surface area contributed by atoms with Crippen LogP contribution in [-0.4, -0.2) is 10.5 Å². The van der Waals surface area contributed by atoms with Crippen molar-refractivity contribution >= 4 is 16.7 Å². The zero-order chi connectivity index (χ0) is 17.9. The second-order valence-corrected chi connectivity index (χ2v) is 6.38. The summed E-state index contributed by atoms with van der Waals surface area (Å²) in [6.07, 6.45) is 2.00. The van der Waals surface area contributed by atoms with Gasteiger partial charge >= 0.3 is 0 Å². The molecule has 26 heavy (non-hydrogen) atoms. The van der Waals surface area contributed by atoms with Crippen molar-refractivity contribution in [2.24, 2.45) is 7.05 Å². The first kappa shape index (κ1) is 16.2. The molecule has 4 aromatic rings. The van der Waals surface area contributed by atoms with Gasteiger partial charge in [0.2, 0.25) is 0 Å². The summed E-state index contributed by atoms with van der Waals surface area (Å²) in [6, 6.07) is 27.7. The summed E-state index contributed by atoms with van der Waals surface area (Å²) >= 11 is 0. The molecule has 0 spiro atoms. The number of fused-ring (bicyclic) bond motifs is 1. The molecule has 0 aliphatic heterocycles. The van der Waals surface area contributed by atoms with Crippen molar-refractivity contribution in [3.63, 3.8) is 0 Å². The van der Waals surface area contributed by atoms with Crippen LogP contribution in [-0.2, 0) is 7.05 Å². The van der Waals surface area contributed by atoms with Crippen molar-refractivity contribution in [2.45, 2.75) is 6.04 Å². The van der Waals surface area contributed by atoms with Crippen molar-refractivity contribution in [3.05, 3.63) is 108 Å². The van der Waals surface area contributed by atoms with Gasteiger partial charge in [0.05, 0.1) is 6.04 Å². The van der Waals surface area contributed by atoms with Gasteiger partial charge in [0.1, 0.15) is 0 Å². The molecule has 4 rings (SSSR count). The number of nitrogens with one attached hydrogen (secondary N) is 1. The molecule has 1 unspecified atom stereocenters. The number of rotatable bonds is 4. The standard InChI is InChI=1S/C23H20N2O/c1-25-16-8-15-21(25)22(24-23(26)18-10-3-2-4-11-18)20-14-7-12-17-9-5-6-13-19(17)20/h2-16,22H,1H3,(H,24,26). The average molecular weight is 340 g/mol. The topological polar surface area (TPSA) is 34.0 Å². The van der Waals surface area contributed by atoms with Crippen LogP contribution in [0, 0.1) is 0 Å². The second kappa shape index (κ2) is 6.89. The Kier molecular flexibility index (Phi) is 4.28. The van der Waals surface area contributed by atoms with E-state index in [1.54, 1.807) is 0 Å². The van der Waals surface area contributed by atoms with E-state index in [0.717, 1.165) is 22.0 Å². The van der Waals surface area contributed by atoms with E-state index in [-0.39, 0.29) is 11.9 Å². The van der Waals surface area contributed by atoms with E-state index in [0.29, 0.717) is 5.56 Å². The van der Waals surface area contributed by atoms with E-state index in [9.17, 15) is 4.79 Å². The number of benzene rings is 3. The number of hydrogen-bond donors (Lipinski definition) is 1. The van der Waals surface area contributed by atoms with Crippen LogP contribution in [0.3, 0.4) is 0 Å². The summed E-state index contributed by atoms with van der Waals surface area (Å²) in [4.78, 5) is 12.9. The lowest BCUT2D eigenvalue weighted by atomic mass is 9.96. The Morgan fingerprint density at radius 1 is 0.846 bits per heavy atom. The number of hydrogen-bond acceptors (Lipinski definition) is 1. The Hall–Kier alpha value is -3.33. The summed E-state index contributed by atoms with van der Waals surface area (Å²) in [6.45, 7) is 0. The van der Waals surface area contributed by atoms with Gasteiger partial charge in [0, 0.05) is 24.5 Å². The van der Waals surface area contributed by atoms with Crippen LogP contribution < -0.4 is 5.32 Å². The van der Waals surface area contributed by atoms with E-state index < -0.39 is 0 Å². The van der Waals surface area contributed by atoms with Gasteiger partial charge in [-0.25, -0.2) is 0 Å². The van der Waals surface area contributed by atoms with E-state index in [4.69, 9.17) is 0 Å². The number of aromatic nitrogens is 1. The summed E-state index contributed by atoms with van der Waals surface area (Å²) in [7, 11) is 2.00. The number of nitrogens with zero attached hydrogens (tertiary/aromatic N) is 1. The highest BCUT2D eigenvalue weighted by molar-refractivity contribution is 5.95. The van der Waals surface area contributed by atoms with Crippen molar-refractivity contribution in [2.75, 3.05) is 0 Å². The summed E-state index contributed by atoms with van der Waals surface area (Å²) in [5.74, 6) is -0.0789. The van der Waals surface area contributed by atoms with Crippen LogP contribution in [0.2, 0.25) is 0 Å². The van der Waals surface area contributed by atoms with Gasteiger partial charge in [-0.2, -0.15) is 0 Å². The van der Waals surface area contributed by atoms with Crippen LogP contribution >= 0.6 is 0 Å². The SMILES string of the molecule is Cn1cccc1C(NC(=O)c1ccccc1)c1cccc2ccccc12. The molecular weight excluding hydrogens is 320 g/mol. The lowest BCUT2D eigenvalue weighted by Gasteiger charge is -2.22. The summed E-state index contributed by atoms with van der Waals surface area (Å²) in [5.41, 5.74) is 2.80. The molecule has 0 aliphatic carbocycles. The maximum absolute atomic E-state index is 12.9. The highest BCUT2D eigenvalue weighted by Crippen LogP contribution is 2.29. The summed E-state index contributed by atoms with van der Waals surface area (Å²) < 4.78 is 2.05. The Balaban J connectivity index is 1.81. The molecule has 0 saturated carbocycles. The van der Waals surface area contributed by atoms with Gasteiger partial charge in [-0.1, -0.05) is 60.7 Å². The van der Waals surface area contributed by atoms with Gasteiger partial charge in [0.25, 0.3) is 5.91 Å². The first-order chi connectivity index (χ1) is 12.7. The quantitative estimate of drug-likeness (QED) is 0.574. The first-order valence-electron chi connectivity index (χ1n) is 8.69. The Morgan fingerprint density at radius 3 is 2.35 bits per heavy atom. The van der Waals surface area contributed by atoms with Crippen LogP contribution in [0.5, 0.6) is 0 Å². The lowest BCUT2D eigenvalue weighted by molar-refractivity contribution is 0.0942. The van der Waals surface area contributed by atoms with E-state index in [1.165, 1.54) is 0 Å². The van der Waals surface area contributed by atoms with E-state index in [1.807, 2.05) is 67.8 Å². The Bertz CT molecular complexity index is 1040. The fourth-order valence-corrected chi connectivity index (χ4v) is 3.39. The zero-order valence-corrected chi connectivity index (χ0v) is 14.6. The molecule has 1 aromatic heterocycles. The van der Waals surface area contributed by atoms with Gasteiger partial charge in [-0.05, 0) is 40.6 Å². The Morgan fingerprint density at radius 2 is 1.58 bits per heavy atom. The molecular formula is C23H20N2O. The molecule has 0 bridgehead atoms. The van der Waals surface area contributed by atoms with Crippen molar-refractivity contribution in [1.29, 1.82) is 0 Å². The summed E-state index contributed by atoms with van der Waals surface area (Å²) in [5, 5.41) is 5.54. The molecule has 1 heterocycles. The molecule has 0 saturated heterocycles. The molecule has 1 amide bonds. The third-order valence-corrected chi connectivity index (χ3v) is 4.73. The van der Waals surface area contributed by atoms with Gasteiger partial charge < -0.3 is 9.88 Å². The molecule has 0 fully saturated rings. The minimum absolute atomic E-state index is 0.0789. The minimum atomic E-state index is -0.228. The van der Waals surface area contributed by atoms with Gasteiger partial charge in [-0.15, -0.1) is 0 Å². The molecule has 0 aliphatic rings. The molecule has 0 radical (unpaired) electrons. The van der Waals surface area contributed by atoms with E-state index in [2.05, 4.69) is 40.2 Å². The fourth-order valence-electron chi connectivity index (χ4n) is 3.39.